The van der Waals surface area contributed by atoms with Gasteiger partial charge in [-0.2, -0.15) is 0 Å². The van der Waals surface area contributed by atoms with Crippen molar-refractivity contribution >= 4 is 18.1 Å². The van der Waals surface area contributed by atoms with E-state index < -0.39 is 12.1 Å². The van der Waals surface area contributed by atoms with Crippen LogP contribution in [0.1, 0.15) is 45.0 Å². The van der Waals surface area contributed by atoms with Crippen LogP contribution in [0.3, 0.4) is 0 Å². The zero-order chi connectivity index (χ0) is 22.5. The Balaban J connectivity index is 1.29. The van der Waals surface area contributed by atoms with Gasteiger partial charge in [0, 0.05) is 12.5 Å². The number of hydrogen-bond acceptors (Lipinski definition) is 3. The summed E-state index contributed by atoms with van der Waals surface area (Å²) in [4.78, 5) is 23.6. The Labute approximate surface area is 187 Å². The normalized spacial score (nSPS) is 12.4. The minimum atomic E-state index is -0.954. The SMILES string of the molecule is Cc1ccc(C=CCCNC(=O)OCC2c3ccccc3-c3ccccc32)c(C(=O)O)c1. The van der Waals surface area contributed by atoms with Crippen molar-refractivity contribution in [1.29, 1.82) is 0 Å². The van der Waals surface area contributed by atoms with Gasteiger partial charge in [-0.3, -0.25) is 0 Å². The smallest absolute Gasteiger partial charge is 0.407 e. The number of ether oxygens (including phenoxy) is 1. The predicted octanol–water partition coefficient (Wildman–Crippen LogP) is 5.64. The van der Waals surface area contributed by atoms with Gasteiger partial charge in [-0.1, -0.05) is 78.4 Å². The van der Waals surface area contributed by atoms with E-state index in [2.05, 4.69) is 29.6 Å². The van der Waals surface area contributed by atoms with Gasteiger partial charge in [-0.15, -0.1) is 0 Å². The lowest BCUT2D eigenvalue weighted by atomic mass is 9.98. The van der Waals surface area contributed by atoms with Crippen LogP contribution in [-0.4, -0.2) is 30.3 Å². The monoisotopic (exact) mass is 427 g/mol. The molecule has 162 valence electrons. The number of carbonyl (C=O) groups is 2. The van der Waals surface area contributed by atoms with Crippen molar-refractivity contribution in [2.75, 3.05) is 13.2 Å². The van der Waals surface area contributed by atoms with Crippen LogP contribution < -0.4 is 5.32 Å². The Kier molecular flexibility index (Phi) is 6.36. The van der Waals surface area contributed by atoms with E-state index in [4.69, 9.17) is 4.74 Å². The molecule has 1 aliphatic rings. The van der Waals surface area contributed by atoms with Crippen molar-refractivity contribution in [1.82, 2.24) is 5.32 Å². The maximum Gasteiger partial charge on any atom is 0.407 e. The lowest BCUT2D eigenvalue weighted by molar-refractivity contribution is 0.0696. The number of carboxylic acid groups (broad SMARTS) is 1. The summed E-state index contributed by atoms with van der Waals surface area (Å²) in [5.41, 5.74) is 6.55. The van der Waals surface area contributed by atoms with E-state index >= 15 is 0 Å². The van der Waals surface area contributed by atoms with Gasteiger partial charge in [0.05, 0.1) is 5.56 Å². The summed E-state index contributed by atoms with van der Waals surface area (Å²) in [6.07, 6.45) is 3.72. The molecule has 5 nitrogen and oxygen atoms in total. The molecule has 0 spiro atoms. The first-order valence-electron chi connectivity index (χ1n) is 10.6. The third kappa shape index (κ3) is 4.57. The molecular weight excluding hydrogens is 402 g/mol. The highest BCUT2D eigenvalue weighted by atomic mass is 16.5. The lowest BCUT2D eigenvalue weighted by Gasteiger charge is -2.14. The summed E-state index contributed by atoms with van der Waals surface area (Å²) in [6.45, 7) is 2.54. The summed E-state index contributed by atoms with van der Waals surface area (Å²) in [6, 6.07) is 21.7. The largest absolute Gasteiger partial charge is 0.478 e. The zero-order valence-electron chi connectivity index (χ0n) is 17.9. The van der Waals surface area contributed by atoms with E-state index in [-0.39, 0.29) is 18.1 Å². The van der Waals surface area contributed by atoms with Crippen molar-refractivity contribution in [3.8, 4) is 11.1 Å². The molecule has 4 rings (SSSR count). The summed E-state index contributed by atoms with van der Waals surface area (Å²) in [5.74, 6) is -0.922. The number of amides is 1. The molecule has 5 heteroatoms. The van der Waals surface area contributed by atoms with Gasteiger partial charge in [-0.05, 0) is 47.2 Å². The molecule has 3 aromatic carbocycles. The third-order valence-corrected chi connectivity index (χ3v) is 5.66. The van der Waals surface area contributed by atoms with Crippen LogP contribution in [0.15, 0.2) is 72.8 Å². The molecular formula is C27H25NO4. The first-order valence-corrected chi connectivity index (χ1v) is 10.6. The van der Waals surface area contributed by atoms with Crippen molar-refractivity contribution in [3.63, 3.8) is 0 Å². The fraction of sp³-hybridized carbons (Fsp3) is 0.185. The predicted molar refractivity (Wildman–Crippen MR) is 125 cm³/mol. The summed E-state index contributed by atoms with van der Waals surface area (Å²) in [7, 11) is 0. The number of aryl methyl sites for hydroxylation is 1. The van der Waals surface area contributed by atoms with Crippen molar-refractivity contribution < 1.29 is 19.4 Å². The van der Waals surface area contributed by atoms with Crippen LogP contribution in [0.2, 0.25) is 0 Å². The standard InChI is InChI=1S/C27H25NO4/c1-18-13-14-19(24(16-18)26(29)30)8-6-7-15-28-27(31)32-17-25-22-11-4-2-9-20(22)21-10-3-5-12-23(21)25/h2-6,8-14,16,25H,7,15,17H2,1H3,(H,28,31)(H,29,30). The molecule has 1 aliphatic carbocycles. The van der Waals surface area contributed by atoms with E-state index in [1.807, 2.05) is 43.3 Å². The van der Waals surface area contributed by atoms with Crippen molar-refractivity contribution in [3.05, 3.63) is 101 Å². The Morgan fingerprint density at radius 2 is 1.66 bits per heavy atom. The average molecular weight is 428 g/mol. The highest BCUT2D eigenvalue weighted by molar-refractivity contribution is 5.92. The molecule has 0 bridgehead atoms. The van der Waals surface area contributed by atoms with Gasteiger partial charge in [0.2, 0.25) is 0 Å². The molecule has 0 fully saturated rings. The Bertz CT molecular complexity index is 1140. The van der Waals surface area contributed by atoms with E-state index in [1.54, 1.807) is 18.2 Å². The van der Waals surface area contributed by atoms with Crippen LogP contribution in [0, 0.1) is 6.92 Å². The number of aromatic carboxylic acids is 1. The third-order valence-electron chi connectivity index (χ3n) is 5.66. The van der Waals surface area contributed by atoms with Gasteiger partial charge < -0.3 is 15.2 Å². The maximum absolute atomic E-state index is 12.2. The minimum Gasteiger partial charge on any atom is -0.478 e. The number of carboxylic acids is 1. The number of nitrogens with one attached hydrogen (secondary N) is 1. The number of hydrogen-bond donors (Lipinski definition) is 2. The first-order chi connectivity index (χ1) is 15.5. The topological polar surface area (TPSA) is 75.6 Å². The highest BCUT2D eigenvalue weighted by Crippen LogP contribution is 2.44. The molecule has 0 saturated carbocycles. The minimum absolute atomic E-state index is 0.0315. The molecule has 32 heavy (non-hydrogen) atoms. The molecule has 0 atom stereocenters. The summed E-state index contributed by atoms with van der Waals surface area (Å²) < 4.78 is 5.52. The van der Waals surface area contributed by atoms with Gasteiger partial charge in [0.25, 0.3) is 0 Å². The molecule has 0 saturated heterocycles. The molecule has 0 unspecified atom stereocenters. The fourth-order valence-corrected chi connectivity index (χ4v) is 4.12. The second kappa shape index (κ2) is 9.52. The van der Waals surface area contributed by atoms with Crippen molar-refractivity contribution in [2.24, 2.45) is 0 Å². The quantitative estimate of drug-likeness (QED) is 0.479. The van der Waals surface area contributed by atoms with Gasteiger partial charge in [-0.25, -0.2) is 9.59 Å². The Morgan fingerprint density at radius 1 is 1.00 bits per heavy atom. The lowest BCUT2D eigenvalue weighted by Crippen LogP contribution is -2.26. The number of carbonyl (C=O) groups excluding carboxylic acids is 1. The molecule has 0 radical (unpaired) electrons. The van der Waals surface area contributed by atoms with Crippen LogP contribution in [-0.2, 0) is 4.74 Å². The summed E-state index contributed by atoms with van der Waals surface area (Å²) in [5, 5.41) is 12.1. The average Bonchev–Trinajstić information content (AvgIpc) is 3.12. The fourth-order valence-electron chi connectivity index (χ4n) is 4.12. The Hall–Kier alpha value is -3.86. The molecule has 1 amide bonds. The van der Waals surface area contributed by atoms with Crippen LogP contribution in [0.5, 0.6) is 0 Å². The van der Waals surface area contributed by atoms with Crippen molar-refractivity contribution in [2.45, 2.75) is 19.3 Å². The van der Waals surface area contributed by atoms with E-state index in [0.29, 0.717) is 18.5 Å². The molecule has 0 aromatic heterocycles. The second-order valence-corrected chi connectivity index (χ2v) is 7.84. The number of alkyl carbamates (subject to hydrolysis) is 1. The number of benzene rings is 3. The zero-order valence-corrected chi connectivity index (χ0v) is 17.9. The van der Waals surface area contributed by atoms with Crippen LogP contribution in [0.4, 0.5) is 4.79 Å². The first kappa shape index (κ1) is 21.4. The second-order valence-electron chi connectivity index (χ2n) is 7.84. The number of rotatable bonds is 7. The molecule has 3 aromatic rings. The summed E-state index contributed by atoms with van der Waals surface area (Å²) >= 11 is 0. The number of fused-ring (bicyclic) bond motifs is 3. The molecule has 0 heterocycles. The van der Waals surface area contributed by atoms with Gasteiger partial charge >= 0.3 is 12.1 Å². The van der Waals surface area contributed by atoms with Gasteiger partial charge in [0.1, 0.15) is 6.61 Å². The van der Waals surface area contributed by atoms with Crippen LogP contribution >= 0.6 is 0 Å². The Morgan fingerprint density at radius 3 is 2.31 bits per heavy atom. The van der Waals surface area contributed by atoms with E-state index in [0.717, 1.165) is 5.56 Å². The van der Waals surface area contributed by atoms with Crippen LogP contribution in [0.25, 0.3) is 17.2 Å². The van der Waals surface area contributed by atoms with E-state index in [1.165, 1.54) is 22.3 Å². The highest BCUT2D eigenvalue weighted by Gasteiger charge is 2.28. The van der Waals surface area contributed by atoms with E-state index in [9.17, 15) is 14.7 Å². The van der Waals surface area contributed by atoms with Gasteiger partial charge in [0.15, 0.2) is 0 Å². The molecule has 2 N–H and O–H groups in total. The molecule has 0 aliphatic heterocycles. The maximum atomic E-state index is 12.2.